The van der Waals surface area contributed by atoms with Gasteiger partial charge in [-0.15, -0.1) is 11.3 Å². The van der Waals surface area contributed by atoms with E-state index in [9.17, 15) is 4.79 Å². The molecule has 1 saturated carbocycles. The largest absolute Gasteiger partial charge is 0.395 e. The number of aromatic nitrogens is 2. The molecule has 6 heteroatoms. The van der Waals surface area contributed by atoms with Crippen molar-refractivity contribution in [1.82, 2.24) is 14.3 Å². The molecule has 1 aliphatic rings. The van der Waals surface area contributed by atoms with E-state index in [1.807, 2.05) is 18.0 Å². The van der Waals surface area contributed by atoms with Gasteiger partial charge in [0.15, 0.2) is 4.96 Å². The van der Waals surface area contributed by atoms with Gasteiger partial charge in [-0.2, -0.15) is 0 Å². The van der Waals surface area contributed by atoms with E-state index in [0.29, 0.717) is 19.0 Å². The van der Waals surface area contributed by atoms with Crippen LogP contribution in [0, 0.1) is 6.92 Å². The average Bonchev–Trinajstić information content (AvgIpc) is 3.10. The second-order valence-corrected chi connectivity index (χ2v) is 6.14. The third kappa shape index (κ3) is 2.71. The molecular weight excluding hydrogens is 274 g/mol. The van der Waals surface area contributed by atoms with Crippen LogP contribution in [0.5, 0.6) is 0 Å². The van der Waals surface area contributed by atoms with Crippen molar-refractivity contribution >= 4 is 22.2 Å². The second-order valence-electron chi connectivity index (χ2n) is 5.30. The highest BCUT2D eigenvalue weighted by atomic mass is 32.1. The van der Waals surface area contributed by atoms with Gasteiger partial charge in [0.25, 0.3) is 0 Å². The Bertz CT molecular complexity index is 615. The molecule has 0 spiro atoms. The van der Waals surface area contributed by atoms with Crippen LogP contribution >= 0.6 is 11.3 Å². The first-order valence-electron chi connectivity index (χ1n) is 7.01. The minimum atomic E-state index is 0.0473. The maximum absolute atomic E-state index is 12.2. The second kappa shape index (κ2) is 5.54. The molecule has 1 fully saturated rings. The highest BCUT2D eigenvalue weighted by Crippen LogP contribution is 2.27. The monoisotopic (exact) mass is 293 g/mol. The number of carbonyl (C=O) groups is 1. The van der Waals surface area contributed by atoms with Gasteiger partial charge in [-0.25, -0.2) is 4.98 Å². The van der Waals surface area contributed by atoms with Crippen molar-refractivity contribution in [3.63, 3.8) is 0 Å². The van der Waals surface area contributed by atoms with Crippen LogP contribution in [0.2, 0.25) is 0 Å². The average molecular weight is 293 g/mol. The predicted octanol–water partition coefficient (Wildman–Crippen LogP) is 1.62. The number of imidazole rings is 1. The van der Waals surface area contributed by atoms with Gasteiger partial charge in [0.1, 0.15) is 0 Å². The number of fused-ring (bicyclic) bond motifs is 1. The van der Waals surface area contributed by atoms with Crippen LogP contribution in [0.15, 0.2) is 11.6 Å². The fraction of sp³-hybridized carbons (Fsp3) is 0.571. The summed E-state index contributed by atoms with van der Waals surface area (Å²) in [5.41, 5.74) is 2.14. The summed E-state index contributed by atoms with van der Waals surface area (Å²) < 4.78 is 2.07. The summed E-state index contributed by atoms with van der Waals surface area (Å²) in [6.45, 7) is 2.49. The van der Waals surface area contributed by atoms with Crippen molar-refractivity contribution < 1.29 is 9.90 Å². The van der Waals surface area contributed by atoms with Gasteiger partial charge in [0, 0.05) is 36.3 Å². The van der Waals surface area contributed by atoms with Crippen molar-refractivity contribution in [2.75, 3.05) is 13.2 Å². The lowest BCUT2D eigenvalue weighted by Gasteiger charge is -2.21. The minimum absolute atomic E-state index is 0.0473. The van der Waals surface area contributed by atoms with Gasteiger partial charge >= 0.3 is 0 Å². The molecule has 1 N–H and O–H groups in total. The van der Waals surface area contributed by atoms with Gasteiger partial charge in [0.2, 0.25) is 5.91 Å². The number of carbonyl (C=O) groups excluding carboxylic acids is 1. The summed E-state index contributed by atoms with van der Waals surface area (Å²) in [6.07, 6.45) is 5.39. The van der Waals surface area contributed by atoms with Crippen LogP contribution in [0.4, 0.5) is 0 Å². The maximum Gasteiger partial charge on any atom is 0.223 e. The minimum Gasteiger partial charge on any atom is -0.395 e. The van der Waals surface area contributed by atoms with Crippen molar-refractivity contribution in [1.29, 1.82) is 0 Å². The third-order valence-electron chi connectivity index (χ3n) is 3.65. The topological polar surface area (TPSA) is 57.8 Å². The van der Waals surface area contributed by atoms with E-state index in [1.54, 1.807) is 11.3 Å². The number of aryl methyl sites for hydroxylation is 2. The molecule has 0 unspecified atom stereocenters. The maximum atomic E-state index is 12.2. The van der Waals surface area contributed by atoms with Gasteiger partial charge < -0.3 is 10.0 Å². The molecular formula is C14H19N3O2S. The number of nitrogens with zero attached hydrogens (tertiary/aromatic N) is 3. The zero-order valence-electron chi connectivity index (χ0n) is 11.6. The first-order valence-corrected chi connectivity index (χ1v) is 7.89. The van der Waals surface area contributed by atoms with Gasteiger partial charge in [0.05, 0.1) is 12.3 Å². The smallest absolute Gasteiger partial charge is 0.223 e. The van der Waals surface area contributed by atoms with Gasteiger partial charge in [-0.1, -0.05) is 0 Å². The van der Waals surface area contributed by atoms with Crippen molar-refractivity contribution in [2.45, 2.75) is 38.6 Å². The van der Waals surface area contributed by atoms with Crippen LogP contribution in [-0.2, 0) is 11.2 Å². The number of rotatable bonds is 6. The van der Waals surface area contributed by atoms with Crippen molar-refractivity contribution in [3.05, 3.63) is 23.0 Å². The van der Waals surface area contributed by atoms with Crippen LogP contribution < -0.4 is 0 Å². The molecule has 20 heavy (non-hydrogen) atoms. The lowest BCUT2D eigenvalue weighted by molar-refractivity contribution is -0.132. The highest BCUT2D eigenvalue weighted by Gasteiger charge is 2.31. The molecule has 0 aromatic carbocycles. The van der Waals surface area contributed by atoms with E-state index in [2.05, 4.69) is 14.8 Å². The number of amides is 1. The molecule has 0 bridgehead atoms. The Labute approximate surface area is 121 Å². The summed E-state index contributed by atoms with van der Waals surface area (Å²) in [5, 5.41) is 11.1. The molecule has 0 saturated heterocycles. The van der Waals surface area contributed by atoms with E-state index in [0.717, 1.165) is 35.6 Å². The first kappa shape index (κ1) is 13.6. The Hall–Kier alpha value is -1.40. The molecule has 1 aliphatic carbocycles. The van der Waals surface area contributed by atoms with E-state index >= 15 is 0 Å². The molecule has 2 heterocycles. The first-order chi connectivity index (χ1) is 9.69. The van der Waals surface area contributed by atoms with Crippen molar-refractivity contribution in [3.8, 4) is 0 Å². The fourth-order valence-corrected chi connectivity index (χ4v) is 3.46. The van der Waals surface area contributed by atoms with E-state index in [1.165, 1.54) is 0 Å². The molecule has 0 atom stereocenters. The van der Waals surface area contributed by atoms with E-state index < -0.39 is 0 Å². The highest BCUT2D eigenvalue weighted by molar-refractivity contribution is 7.15. The van der Waals surface area contributed by atoms with Crippen molar-refractivity contribution in [2.24, 2.45) is 0 Å². The summed E-state index contributed by atoms with van der Waals surface area (Å²) >= 11 is 1.61. The lowest BCUT2D eigenvalue weighted by atomic mass is 10.2. The summed E-state index contributed by atoms with van der Waals surface area (Å²) in [6, 6.07) is 0.368. The Balaban J connectivity index is 1.64. The number of hydrogen-bond donors (Lipinski definition) is 1. The Kier molecular flexibility index (Phi) is 3.76. The third-order valence-corrected chi connectivity index (χ3v) is 4.54. The van der Waals surface area contributed by atoms with Crippen LogP contribution in [0.1, 0.15) is 30.7 Å². The number of aliphatic hydroxyl groups excluding tert-OH is 1. The Morgan fingerprint density at radius 3 is 3.10 bits per heavy atom. The molecule has 5 nitrogen and oxygen atoms in total. The number of hydrogen-bond acceptors (Lipinski definition) is 4. The Morgan fingerprint density at radius 2 is 2.40 bits per heavy atom. The number of aliphatic hydroxyl groups is 1. The molecule has 2 aromatic heterocycles. The molecule has 108 valence electrons. The molecule has 0 aliphatic heterocycles. The van der Waals surface area contributed by atoms with E-state index in [4.69, 9.17) is 5.11 Å². The standard InChI is InChI=1S/C14H19N3O2S/c1-10-8-17-12(9-20-14(17)15-10)4-5-13(19)16(6-7-18)11-2-3-11/h8-9,11,18H,2-7H2,1H3. The quantitative estimate of drug-likeness (QED) is 0.880. The lowest BCUT2D eigenvalue weighted by Crippen LogP contribution is -2.35. The molecule has 1 amide bonds. The van der Waals surface area contributed by atoms with Gasteiger partial charge in [-0.3, -0.25) is 9.20 Å². The summed E-state index contributed by atoms with van der Waals surface area (Å²) in [5.74, 6) is 0.151. The normalized spacial score (nSPS) is 14.9. The predicted molar refractivity (Wildman–Crippen MR) is 77.9 cm³/mol. The number of thiazole rings is 1. The summed E-state index contributed by atoms with van der Waals surface area (Å²) in [4.78, 5) is 19.5. The Morgan fingerprint density at radius 1 is 1.60 bits per heavy atom. The molecule has 0 radical (unpaired) electrons. The van der Waals surface area contributed by atoms with E-state index in [-0.39, 0.29) is 12.5 Å². The zero-order valence-corrected chi connectivity index (χ0v) is 12.4. The SMILES string of the molecule is Cc1cn2c(CCC(=O)N(CCO)C3CC3)csc2n1. The summed E-state index contributed by atoms with van der Waals surface area (Å²) in [7, 11) is 0. The van der Waals surface area contributed by atoms with Crippen LogP contribution in [-0.4, -0.2) is 44.5 Å². The fourth-order valence-electron chi connectivity index (χ4n) is 2.50. The zero-order chi connectivity index (χ0) is 14.1. The van der Waals surface area contributed by atoms with Gasteiger partial charge in [-0.05, 0) is 26.2 Å². The van der Waals surface area contributed by atoms with Crippen LogP contribution in [0.25, 0.3) is 4.96 Å². The molecule has 2 aromatic rings. The van der Waals surface area contributed by atoms with Crippen LogP contribution in [0.3, 0.4) is 0 Å². The molecule has 3 rings (SSSR count).